The van der Waals surface area contributed by atoms with E-state index in [1.54, 1.807) is 7.11 Å². The maximum Gasteiger partial charge on any atom is 0.0855 e. The van der Waals surface area contributed by atoms with E-state index in [0.717, 1.165) is 17.5 Å². The molecule has 1 heterocycles. The minimum absolute atomic E-state index is 0.0603. The average molecular weight is 223 g/mol. The molecule has 2 atom stereocenters. The molecule has 1 aromatic rings. The molecule has 4 nitrogen and oxygen atoms in total. The highest BCUT2D eigenvalue weighted by molar-refractivity contribution is 5.22. The summed E-state index contributed by atoms with van der Waals surface area (Å²) in [6.45, 7) is 6.14. The predicted molar refractivity (Wildman–Crippen MR) is 64.7 cm³/mol. The standard InChI is InChI=1S/C12H21N3O/c1-5-12(3,16-4)11(15-13)10-6-9(2)7-14-8-10/h6-8,11,15H,5,13H2,1-4H3. The van der Waals surface area contributed by atoms with Crippen molar-refractivity contribution in [3.63, 3.8) is 0 Å². The molecule has 0 saturated carbocycles. The normalized spacial score (nSPS) is 16.8. The van der Waals surface area contributed by atoms with E-state index in [1.807, 2.05) is 26.2 Å². The molecule has 0 aliphatic heterocycles. The van der Waals surface area contributed by atoms with E-state index in [0.29, 0.717) is 0 Å². The van der Waals surface area contributed by atoms with Crippen molar-refractivity contribution >= 4 is 0 Å². The van der Waals surface area contributed by atoms with Crippen LogP contribution in [0.5, 0.6) is 0 Å². The van der Waals surface area contributed by atoms with Gasteiger partial charge in [0, 0.05) is 19.5 Å². The van der Waals surface area contributed by atoms with E-state index in [-0.39, 0.29) is 11.6 Å². The summed E-state index contributed by atoms with van der Waals surface area (Å²) < 4.78 is 5.56. The first kappa shape index (κ1) is 13.1. The fraction of sp³-hybridized carbons (Fsp3) is 0.583. The van der Waals surface area contributed by atoms with Crippen molar-refractivity contribution in [3.05, 3.63) is 29.6 Å². The number of aromatic nitrogens is 1. The van der Waals surface area contributed by atoms with Gasteiger partial charge in [-0.3, -0.25) is 16.3 Å². The second kappa shape index (κ2) is 5.39. The third-order valence-electron chi connectivity index (χ3n) is 3.18. The summed E-state index contributed by atoms with van der Waals surface area (Å²) in [4.78, 5) is 4.18. The number of hydrogen-bond donors (Lipinski definition) is 2. The van der Waals surface area contributed by atoms with Crippen LogP contribution in [0, 0.1) is 6.92 Å². The summed E-state index contributed by atoms with van der Waals surface area (Å²) in [5.41, 5.74) is 4.66. The van der Waals surface area contributed by atoms with Gasteiger partial charge in [0.25, 0.3) is 0 Å². The molecule has 3 N–H and O–H groups in total. The molecule has 1 rings (SSSR count). The van der Waals surface area contributed by atoms with Crippen molar-refractivity contribution in [2.24, 2.45) is 5.84 Å². The quantitative estimate of drug-likeness (QED) is 0.589. The smallest absolute Gasteiger partial charge is 0.0855 e. The summed E-state index contributed by atoms with van der Waals surface area (Å²) >= 11 is 0. The number of nitrogens with one attached hydrogen (secondary N) is 1. The molecule has 4 heteroatoms. The summed E-state index contributed by atoms with van der Waals surface area (Å²) in [5, 5.41) is 0. The lowest BCUT2D eigenvalue weighted by molar-refractivity contribution is -0.0301. The lowest BCUT2D eigenvalue weighted by Gasteiger charge is -2.35. The van der Waals surface area contributed by atoms with Crippen LogP contribution < -0.4 is 11.3 Å². The maximum absolute atomic E-state index is 5.63. The van der Waals surface area contributed by atoms with Crippen LogP contribution >= 0.6 is 0 Å². The Balaban J connectivity index is 3.06. The molecule has 0 spiro atoms. The number of methoxy groups -OCH3 is 1. The highest BCUT2D eigenvalue weighted by atomic mass is 16.5. The molecule has 0 radical (unpaired) electrons. The van der Waals surface area contributed by atoms with Gasteiger partial charge in [-0.1, -0.05) is 13.0 Å². The molecule has 0 fully saturated rings. The van der Waals surface area contributed by atoms with Gasteiger partial charge in [-0.15, -0.1) is 0 Å². The van der Waals surface area contributed by atoms with E-state index in [2.05, 4.69) is 23.4 Å². The topological polar surface area (TPSA) is 60.2 Å². The van der Waals surface area contributed by atoms with Gasteiger partial charge in [0.15, 0.2) is 0 Å². The van der Waals surface area contributed by atoms with Crippen LogP contribution in [0.4, 0.5) is 0 Å². The Morgan fingerprint density at radius 3 is 2.69 bits per heavy atom. The Kier molecular flexibility index (Phi) is 4.41. The number of hydrazine groups is 1. The van der Waals surface area contributed by atoms with Gasteiger partial charge in [0.05, 0.1) is 11.6 Å². The van der Waals surface area contributed by atoms with Crippen LogP contribution in [-0.2, 0) is 4.74 Å². The SMILES string of the molecule is CCC(C)(OC)C(NN)c1cncc(C)c1. The number of ether oxygens (including phenoxy) is 1. The summed E-state index contributed by atoms with van der Waals surface area (Å²) in [6.07, 6.45) is 4.52. The Morgan fingerprint density at radius 1 is 1.56 bits per heavy atom. The third kappa shape index (κ3) is 2.58. The fourth-order valence-corrected chi connectivity index (χ4v) is 1.83. The summed E-state index contributed by atoms with van der Waals surface area (Å²) in [5.74, 6) is 5.63. The van der Waals surface area contributed by atoms with Gasteiger partial charge in [0.2, 0.25) is 0 Å². The maximum atomic E-state index is 5.63. The van der Waals surface area contributed by atoms with Crippen molar-refractivity contribution in [2.75, 3.05) is 7.11 Å². The molecule has 0 amide bonds. The number of nitrogens with zero attached hydrogens (tertiary/aromatic N) is 1. The second-order valence-electron chi connectivity index (χ2n) is 4.27. The highest BCUT2D eigenvalue weighted by Gasteiger charge is 2.33. The first-order chi connectivity index (χ1) is 7.57. The monoisotopic (exact) mass is 223 g/mol. The highest BCUT2D eigenvalue weighted by Crippen LogP contribution is 2.30. The molecule has 1 aromatic heterocycles. The van der Waals surface area contributed by atoms with Crippen molar-refractivity contribution in [2.45, 2.75) is 38.8 Å². The van der Waals surface area contributed by atoms with Crippen LogP contribution in [0.25, 0.3) is 0 Å². The minimum Gasteiger partial charge on any atom is -0.376 e. The molecule has 0 saturated heterocycles. The van der Waals surface area contributed by atoms with E-state index in [1.165, 1.54) is 0 Å². The molecule has 0 bridgehead atoms. The van der Waals surface area contributed by atoms with Gasteiger partial charge in [-0.25, -0.2) is 0 Å². The van der Waals surface area contributed by atoms with Gasteiger partial charge >= 0.3 is 0 Å². The van der Waals surface area contributed by atoms with Crippen LogP contribution in [-0.4, -0.2) is 17.7 Å². The van der Waals surface area contributed by atoms with Crippen LogP contribution in [0.15, 0.2) is 18.5 Å². The van der Waals surface area contributed by atoms with Gasteiger partial charge in [-0.2, -0.15) is 0 Å². The zero-order valence-corrected chi connectivity index (χ0v) is 10.4. The van der Waals surface area contributed by atoms with Crippen LogP contribution in [0.2, 0.25) is 0 Å². The number of nitrogens with two attached hydrogens (primary N) is 1. The number of rotatable bonds is 5. The Hall–Kier alpha value is -0.970. The number of pyridine rings is 1. The van der Waals surface area contributed by atoms with Gasteiger partial charge in [-0.05, 0) is 31.4 Å². The van der Waals surface area contributed by atoms with Crippen molar-refractivity contribution in [1.82, 2.24) is 10.4 Å². The Labute approximate surface area is 97.2 Å². The minimum atomic E-state index is -0.329. The van der Waals surface area contributed by atoms with Gasteiger partial charge in [0.1, 0.15) is 0 Å². The molecule has 0 aliphatic carbocycles. The molecule has 16 heavy (non-hydrogen) atoms. The third-order valence-corrected chi connectivity index (χ3v) is 3.18. The van der Waals surface area contributed by atoms with Crippen LogP contribution in [0.1, 0.15) is 37.4 Å². The predicted octanol–water partition coefficient (Wildman–Crippen LogP) is 1.71. The van der Waals surface area contributed by atoms with E-state index >= 15 is 0 Å². The van der Waals surface area contributed by atoms with Crippen molar-refractivity contribution < 1.29 is 4.74 Å². The lowest BCUT2D eigenvalue weighted by Crippen LogP contribution is -2.45. The lowest BCUT2D eigenvalue weighted by atomic mass is 9.88. The zero-order valence-electron chi connectivity index (χ0n) is 10.4. The Morgan fingerprint density at radius 2 is 2.25 bits per heavy atom. The summed E-state index contributed by atoms with van der Waals surface area (Å²) in [6, 6.07) is 2.01. The molecule has 90 valence electrons. The second-order valence-corrected chi connectivity index (χ2v) is 4.27. The van der Waals surface area contributed by atoms with E-state index < -0.39 is 0 Å². The average Bonchev–Trinajstić information content (AvgIpc) is 2.30. The van der Waals surface area contributed by atoms with Crippen molar-refractivity contribution in [1.29, 1.82) is 0 Å². The molecular weight excluding hydrogens is 202 g/mol. The molecule has 2 unspecified atom stereocenters. The summed E-state index contributed by atoms with van der Waals surface area (Å²) in [7, 11) is 1.71. The molecular formula is C12H21N3O. The first-order valence-corrected chi connectivity index (χ1v) is 5.50. The molecule has 0 aliphatic rings. The number of aryl methyl sites for hydroxylation is 1. The largest absolute Gasteiger partial charge is 0.376 e. The van der Waals surface area contributed by atoms with Crippen LogP contribution in [0.3, 0.4) is 0 Å². The molecule has 0 aromatic carbocycles. The first-order valence-electron chi connectivity index (χ1n) is 5.50. The Bertz CT molecular complexity index is 337. The number of hydrogen-bond acceptors (Lipinski definition) is 4. The van der Waals surface area contributed by atoms with Crippen molar-refractivity contribution in [3.8, 4) is 0 Å². The van der Waals surface area contributed by atoms with E-state index in [9.17, 15) is 0 Å². The zero-order chi connectivity index (χ0) is 12.2. The fourth-order valence-electron chi connectivity index (χ4n) is 1.83. The van der Waals surface area contributed by atoms with Gasteiger partial charge < -0.3 is 4.74 Å². The van der Waals surface area contributed by atoms with E-state index in [4.69, 9.17) is 10.6 Å².